The van der Waals surface area contributed by atoms with Crippen LogP contribution in [0, 0.1) is 10.8 Å². The molecule has 96 valence electrons. The second-order valence-electron chi connectivity index (χ2n) is 6.27. The standard InChI is InChI=1S/C14H29NO/c1-7-15-11-9-8-10-14(5,6)12(16)13(2,3)4/h15H,7-11H2,1-6H3. The minimum Gasteiger partial charge on any atom is -0.317 e. The molecule has 0 fully saturated rings. The lowest BCUT2D eigenvalue weighted by atomic mass is 9.72. The fourth-order valence-corrected chi connectivity index (χ4v) is 2.12. The summed E-state index contributed by atoms with van der Waals surface area (Å²) in [6.07, 6.45) is 3.28. The third-order valence-electron chi connectivity index (χ3n) is 2.95. The molecule has 0 rings (SSSR count). The predicted molar refractivity (Wildman–Crippen MR) is 70.6 cm³/mol. The minimum atomic E-state index is -0.217. The van der Waals surface area contributed by atoms with Gasteiger partial charge in [0, 0.05) is 10.8 Å². The van der Waals surface area contributed by atoms with Crippen LogP contribution in [0.3, 0.4) is 0 Å². The molecule has 0 aromatic carbocycles. The molecule has 0 unspecified atom stereocenters. The molecule has 0 aliphatic rings. The van der Waals surface area contributed by atoms with Crippen LogP contribution in [0.5, 0.6) is 0 Å². The lowest BCUT2D eigenvalue weighted by molar-refractivity contribution is -0.135. The fourth-order valence-electron chi connectivity index (χ4n) is 2.12. The first-order valence-corrected chi connectivity index (χ1v) is 6.47. The van der Waals surface area contributed by atoms with Crippen LogP contribution >= 0.6 is 0 Å². The van der Waals surface area contributed by atoms with Gasteiger partial charge in [0.1, 0.15) is 5.78 Å². The summed E-state index contributed by atoms with van der Waals surface area (Å²) in [5, 5.41) is 3.31. The average molecular weight is 227 g/mol. The first-order chi connectivity index (χ1) is 7.22. The topological polar surface area (TPSA) is 29.1 Å². The number of hydrogen-bond donors (Lipinski definition) is 1. The Hall–Kier alpha value is -0.370. The molecule has 0 amide bonds. The van der Waals surface area contributed by atoms with Gasteiger partial charge in [0.15, 0.2) is 0 Å². The van der Waals surface area contributed by atoms with Crippen LogP contribution in [0.25, 0.3) is 0 Å². The Morgan fingerprint density at radius 3 is 2.06 bits per heavy atom. The summed E-state index contributed by atoms with van der Waals surface area (Å²) in [7, 11) is 0. The number of hydrogen-bond acceptors (Lipinski definition) is 2. The Morgan fingerprint density at radius 2 is 1.62 bits per heavy atom. The van der Waals surface area contributed by atoms with Crippen LogP contribution < -0.4 is 5.32 Å². The van der Waals surface area contributed by atoms with Crippen molar-refractivity contribution in [3.8, 4) is 0 Å². The largest absolute Gasteiger partial charge is 0.317 e. The molecule has 0 saturated carbocycles. The molecule has 0 spiro atoms. The molecule has 16 heavy (non-hydrogen) atoms. The smallest absolute Gasteiger partial charge is 0.143 e. The van der Waals surface area contributed by atoms with Gasteiger partial charge in [-0.2, -0.15) is 0 Å². The van der Waals surface area contributed by atoms with Crippen molar-refractivity contribution >= 4 is 5.78 Å². The zero-order valence-corrected chi connectivity index (χ0v) is 11.9. The molecule has 0 aromatic heterocycles. The van der Waals surface area contributed by atoms with E-state index in [1.54, 1.807) is 0 Å². The van der Waals surface area contributed by atoms with Crippen molar-refractivity contribution in [2.75, 3.05) is 13.1 Å². The normalized spacial score (nSPS) is 12.9. The van der Waals surface area contributed by atoms with Crippen molar-refractivity contribution in [2.45, 2.75) is 60.8 Å². The van der Waals surface area contributed by atoms with Crippen LogP contribution in [0.2, 0.25) is 0 Å². The van der Waals surface area contributed by atoms with E-state index >= 15 is 0 Å². The number of unbranched alkanes of at least 4 members (excludes halogenated alkanes) is 1. The molecule has 0 aliphatic heterocycles. The van der Waals surface area contributed by atoms with Crippen LogP contribution in [0.4, 0.5) is 0 Å². The van der Waals surface area contributed by atoms with Gasteiger partial charge < -0.3 is 5.32 Å². The zero-order valence-electron chi connectivity index (χ0n) is 11.9. The van der Waals surface area contributed by atoms with Crippen molar-refractivity contribution in [1.29, 1.82) is 0 Å². The van der Waals surface area contributed by atoms with Gasteiger partial charge in [-0.05, 0) is 25.9 Å². The van der Waals surface area contributed by atoms with Gasteiger partial charge in [0.25, 0.3) is 0 Å². The van der Waals surface area contributed by atoms with Gasteiger partial charge in [-0.1, -0.05) is 48.0 Å². The molecule has 0 radical (unpaired) electrons. The highest BCUT2D eigenvalue weighted by molar-refractivity contribution is 5.88. The first-order valence-electron chi connectivity index (χ1n) is 6.47. The molecule has 2 nitrogen and oxygen atoms in total. The van der Waals surface area contributed by atoms with Crippen LogP contribution in [-0.4, -0.2) is 18.9 Å². The SMILES string of the molecule is CCNCCCCC(C)(C)C(=O)C(C)(C)C. The summed E-state index contributed by atoms with van der Waals surface area (Å²) in [6.45, 7) is 14.4. The number of nitrogens with one attached hydrogen (secondary N) is 1. The maximum atomic E-state index is 12.2. The maximum Gasteiger partial charge on any atom is 0.143 e. The van der Waals surface area contributed by atoms with E-state index in [4.69, 9.17) is 0 Å². The van der Waals surface area contributed by atoms with Gasteiger partial charge in [-0.25, -0.2) is 0 Å². The van der Waals surface area contributed by atoms with E-state index in [2.05, 4.69) is 26.1 Å². The Morgan fingerprint density at radius 1 is 1.06 bits per heavy atom. The van der Waals surface area contributed by atoms with E-state index < -0.39 is 0 Å². The van der Waals surface area contributed by atoms with Gasteiger partial charge in [0.05, 0.1) is 0 Å². The lowest BCUT2D eigenvalue weighted by Gasteiger charge is -2.30. The summed E-state index contributed by atoms with van der Waals surface area (Å²) in [4.78, 5) is 12.2. The minimum absolute atomic E-state index is 0.176. The van der Waals surface area contributed by atoms with Crippen molar-refractivity contribution < 1.29 is 4.79 Å². The molecular weight excluding hydrogens is 198 g/mol. The lowest BCUT2D eigenvalue weighted by Crippen LogP contribution is -2.35. The number of Topliss-reactive ketones (excluding diaryl/α,β-unsaturated/α-hetero) is 1. The van der Waals surface area contributed by atoms with Gasteiger partial charge in [-0.15, -0.1) is 0 Å². The van der Waals surface area contributed by atoms with E-state index in [1.165, 1.54) is 0 Å². The van der Waals surface area contributed by atoms with Crippen molar-refractivity contribution in [1.82, 2.24) is 5.32 Å². The highest BCUT2D eigenvalue weighted by atomic mass is 16.1. The third-order valence-corrected chi connectivity index (χ3v) is 2.95. The Labute approximate surface area is 101 Å². The molecule has 0 saturated heterocycles. The highest BCUT2D eigenvalue weighted by Crippen LogP contribution is 2.33. The van der Waals surface area contributed by atoms with Crippen molar-refractivity contribution in [3.05, 3.63) is 0 Å². The molecule has 0 aromatic rings. The molecule has 2 heteroatoms. The van der Waals surface area contributed by atoms with E-state index in [-0.39, 0.29) is 10.8 Å². The summed E-state index contributed by atoms with van der Waals surface area (Å²) in [5.41, 5.74) is -0.393. The molecule has 0 atom stereocenters. The summed E-state index contributed by atoms with van der Waals surface area (Å²) < 4.78 is 0. The summed E-state index contributed by atoms with van der Waals surface area (Å²) >= 11 is 0. The Balaban J connectivity index is 4.00. The molecule has 0 bridgehead atoms. The van der Waals surface area contributed by atoms with Gasteiger partial charge in [-0.3, -0.25) is 4.79 Å². The fraction of sp³-hybridized carbons (Fsp3) is 0.929. The third kappa shape index (κ3) is 5.64. The molecule has 1 N–H and O–H groups in total. The van der Waals surface area contributed by atoms with Crippen LogP contribution in [0.1, 0.15) is 60.8 Å². The van der Waals surface area contributed by atoms with Gasteiger partial charge >= 0.3 is 0 Å². The summed E-state index contributed by atoms with van der Waals surface area (Å²) in [5.74, 6) is 0.378. The van der Waals surface area contributed by atoms with E-state index in [1.807, 2.05) is 20.8 Å². The second kappa shape index (κ2) is 6.39. The quantitative estimate of drug-likeness (QED) is 0.675. The van der Waals surface area contributed by atoms with Crippen molar-refractivity contribution in [3.63, 3.8) is 0 Å². The highest BCUT2D eigenvalue weighted by Gasteiger charge is 2.35. The summed E-state index contributed by atoms with van der Waals surface area (Å²) in [6, 6.07) is 0. The van der Waals surface area contributed by atoms with Crippen molar-refractivity contribution in [2.24, 2.45) is 10.8 Å². The number of carbonyl (C=O) groups is 1. The van der Waals surface area contributed by atoms with Crippen LogP contribution in [0.15, 0.2) is 0 Å². The Kier molecular flexibility index (Phi) is 6.24. The van der Waals surface area contributed by atoms with Crippen LogP contribution in [-0.2, 0) is 4.79 Å². The first kappa shape index (κ1) is 15.6. The maximum absolute atomic E-state index is 12.2. The number of carbonyl (C=O) groups excluding carboxylic acids is 1. The van der Waals surface area contributed by atoms with E-state index in [0.717, 1.165) is 32.4 Å². The second-order valence-corrected chi connectivity index (χ2v) is 6.27. The number of rotatable bonds is 7. The van der Waals surface area contributed by atoms with E-state index in [0.29, 0.717) is 5.78 Å². The Bertz CT molecular complexity index is 213. The molecule has 0 aliphatic carbocycles. The predicted octanol–water partition coefficient (Wildman–Crippen LogP) is 3.41. The van der Waals surface area contributed by atoms with Gasteiger partial charge in [0.2, 0.25) is 0 Å². The number of ketones is 1. The molecular formula is C14H29NO. The zero-order chi connectivity index (χ0) is 12.8. The average Bonchev–Trinajstić information content (AvgIpc) is 2.15. The monoisotopic (exact) mass is 227 g/mol. The van der Waals surface area contributed by atoms with E-state index in [9.17, 15) is 4.79 Å². The molecule has 0 heterocycles.